The van der Waals surface area contributed by atoms with E-state index in [1.165, 1.54) is 12.1 Å². The molecule has 0 spiro atoms. The Balaban J connectivity index is 1.35. The fourth-order valence-electron chi connectivity index (χ4n) is 7.64. The van der Waals surface area contributed by atoms with E-state index in [9.17, 15) is 19.3 Å². The number of alkyl halides is 1. The van der Waals surface area contributed by atoms with Gasteiger partial charge in [0.05, 0.1) is 44.2 Å². The highest BCUT2D eigenvalue weighted by atomic mass is 35.5. The van der Waals surface area contributed by atoms with Gasteiger partial charge in [-0.25, -0.2) is 13.2 Å². The molecule has 0 saturated carbocycles. The van der Waals surface area contributed by atoms with Crippen LogP contribution >= 0.6 is 22.9 Å². The summed E-state index contributed by atoms with van der Waals surface area (Å²) < 4.78 is 58.9. The van der Waals surface area contributed by atoms with E-state index < -0.39 is 23.3 Å². The molecule has 2 aromatic heterocycles. The molecule has 3 saturated heterocycles. The van der Waals surface area contributed by atoms with Crippen molar-refractivity contribution >= 4 is 54.7 Å². The SMILES string of the molecule is N#Cc1c(N)sc2c(F)ccc(-c3c(Cl)c4c5c(nc(OC[C@@]67CCCN6C[C@H](F)C7)nc5c3F)N3CC(C#N)CC3CO4)c12. The topological polar surface area (TPSA) is 124 Å². The predicted molar refractivity (Wildman–Crippen MR) is 163 cm³/mol. The highest BCUT2D eigenvalue weighted by molar-refractivity contribution is 7.23. The number of fused-ring (bicyclic) bond motifs is 4. The first-order valence-corrected chi connectivity index (χ1v) is 15.9. The molecule has 0 aliphatic carbocycles. The van der Waals surface area contributed by atoms with Crippen LogP contribution in [-0.2, 0) is 0 Å². The van der Waals surface area contributed by atoms with Gasteiger partial charge in [0.15, 0.2) is 11.6 Å². The van der Waals surface area contributed by atoms with Crippen LogP contribution in [-0.4, -0.2) is 65.5 Å². The third kappa shape index (κ3) is 4.14. The zero-order valence-corrected chi connectivity index (χ0v) is 25.3. The molecule has 4 atom stereocenters. The van der Waals surface area contributed by atoms with Gasteiger partial charge in [-0.1, -0.05) is 17.7 Å². The second-order valence-electron chi connectivity index (χ2n) is 12.2. The van der Waals surface area contributed by atoms with E-state index in [2.05, 4.69) is 16.0 Å². The Hall–Kier alpha value is -4.04. The maximum atomic E-state index is 17.0. The van der Waals surface area contributed by atoms with Gasteiger partial charge in [-0.3, -0.25) is 4.90 Å². The number of thiophene rings is 1. The first-order valence-electron chi connectivity index (χ1n) is 14.7. The lowest BCUT2D eigenvalue weighted by Crippen LogP contribution is -2.43. The summed E-state index contributed by atoms with van der Waals surface area (Å²) in [6.45, 7) is 1.75. The molecule has 0 radical (unpaired) electrons. The number of hydrogen-bond acceptors (Lipinski definition) is 10. The fourth-order valence-corrected chi connectivity index (χ4v) is 8.93. The van der Waals surface area contributed by atoms with Gasteiger partial charge in [0, 0.05) is 30.5 Å². The molecule has 2 unspecified atom stereocenters. The maximum absolute atomic E-state index is 17.0. The molecule has 2 aromatic carbocycles. The third-order valence-electron chi connectivity index (χ3n) is 9.66. The molecule has 2 N–H and O–H groups in total. The average Bonchev–Trinajstić information content (AvgIpc) is 3.75. The lowest BCUT2D eigenvalue weighted by Gasteiger charge is -2.31. The van der Waals surface area contributed by atoms with Gasteiger partial charge in [-0.2, -0.15) is 20.5 Å². The second-order valence-corrected chi connectivity index (χ2v) is 13.6. The summed E-state index contributed by atoms with van der Waals surface area (Å²) in [5.41, 5.74) is 5.50. The summed E-state index contributed by atoms with van der Waals surface area (Å²) in [5, 5.41) is 19.9. The standard InChI is InChI=1S/C31H25ClF3N7O2S/c32-23-21(17-2-3-19(34)27-20(17)18(9-37)28(38)45-27)24(35)25-22-26(23)43-12-16-6-14(8-36)10-42(16)29(22)40-30(39-25)44-13-31-4-1-5-41(31)11-15(33)7-31/h2-3,14-16H,1,4-7,10-13,38H2/t14?,15-,16?,31+/m1/s1. The van der Waals surface area contributed by atoms with Crippen LogP contribution in [0.15, 0.2) is 12.1 Å². The van der Waals surface area contributed by atoms with Crippen LogP contribution in [0.5, 0.6) is 11.8 Å². The average molecular weight is 652 g/mol. The van der Waals surface area contributed by atoms with Crippen molar-refractivity contribution in [2.45, 2.75) is 43.4 Å². The summed E-state index contributed by atoms with van der Waals surface area (Å²) in [7, 11) is 0. The van der Waals surface area contributed by atoms with Crippen LogP contribution in [0, 0.1) is 40.2 Å². The zero-order chi connectivity index (χ0) is 31.2. The lowest BCUT2D eigenvalue weighted by molar-refractivity contribution is 0.107. The van der Waals surface area contributed by atoms with Crippen LogP contribution in [0.4, 0.5) is 24.0 Å². The molecule has 45 heavy (non-hydrogen) atoms. The van der Waals surface area contributed by atoms with Crippen LogP contribution < -0.4 is 20.1 Å². The number of halogens is 4. The van der Waals surface area contributed by atoms with Gasteiger partial charge < -0.3 is 20.1 Å². The quantitative estimate of drug-likeness (QED) is 0.284. The minimum atomic E-state index is -0.955. The first kappa shape index (κ1) is 28.4. The number of ether oxygens (including phenoxy) is 2. The molecular formula is C31H25ClF3N7O2S. The first-order chi connectivity index (χ1) is 21.7. The number of nitrogens with two attached hydrogens (primary N) is 1. The van der Waals surface area contributed by atoms with E-state index in [0.717, 1.165) is 30.7 Å². The molecule has 230 valence electrons. The Bertz CT molecular complexity index is 2010. The van der Waals surface area contributed by atoms with E-state index >= 15 is 4.39 Å². The monoisotopic (exact) mass is 651 g/mol. The summed E-state index contributed by atoms with van der Waals surface area (Å²) in [4.78, 5) is 13.3. The molecule has 4 aliphatic heterocycles. The van der Waals surface area contributed by atoms with Crippen molar-refractivity contribution in [2.24, 2.45) is 5.92 Å². The molecule has 4 aromatic rings. The number of anilines is 2. The molecule has 0 bridgehead atoms. The number of rotatable bonds is 4. The highest BCUT2D eigenvalue weighted by Gasteiger charge is 2.49. The van der Waals surface area contributed by atoms with E-state index in [1.807, 2.05) is 11.0 Å². The number of benzene rings is 2. The van der Waals surface area contributed by atoms with Crippen LogP contribution in [0.2, 0.25) is 5.02 Å². The van der Waals surface area contributed by atoms with Crippen molar-refractivity contribution in [3.63, 3.8) is 0 Å². The molecule has 0 amide bonds. The van der Waals surface area contributed by atoms with Crippen molar-refractivity contribution in [3.8, 4) is 35.0 Å². The fraction of sp³-hybridized carbons (Fsp3) is 0.419. The van der Waals surface area contributed by atoms with Crippen molar-refractivity contribution < 1.29 is 22.6 Å². The highest BCUT2D eigenvalue weighted by Crippen LogP contribution is 2.52. The Morgan fingerprint density at radius 3 is 2.87 bits per heavy atom. The van der Waals surface area contributed by atoms with Gasteiger partial charge in [0.1, 0.15) is 47.6 Å². The molecule has 3 fully saturated rings. The molecule has 8 rings (SSSR count). The molecule has 14 heteroatoms. The maximum Gasteiger partial charge on any atom is 0.319 e. The van der Waals surface area contributed by atoms with Crippen molar-refractivity contribution in [3.05, 3.63) is 34.4 Å². The Morgan fingerprint density at radius 2 is 2.07 bits per heavy atom. The summed E-state index contributed by atoms with van der Waals surface area (Å²) in [5.74, 6) is -1.26. The Kier molecular flexibility index (Phi) is 6.47. The van der Waals surface area contributed by atoms with Gasteiger partial charge in [0.2, 0.25) is 0 Å². The van der Waals surface area contributed by atoms with Gasteiger partial charge in [0.25, 0.3) is 0 Å². The Morgan fingerprint density at radius 1 is 1.22 bits per heavy atom. The van der Waals surface area contributed by atoms with Crippen LogP contribution in [0.3, 0.4) is 0 Å². The zero-order valence-electron chi connectivity index (χ0n) is 23.7. The van der Waals surface area contributed by atoms with E-state index in [1.54, 1.807) is 0 Å². The van der Waals surface area contributed by atoms with E-state index in [0.29, 0.717) is 31.7 Å². The van der Waals surface area contributed by atoms with Crippen LogP contribution in [0.1, 0.15) is 31.2 Å². The van der Waals surface area contributed by atoms with Crippen molar-refractivity contribution in [2.75, 3.05) is 43.5 Å². The number of hydrogen-bond donors (Lipinski definition) is 1. The minimum Gasteiger partial charge on any atom is -0.489 e. The summed E-state index contributed by atoms with van der Waals surface area (Å²) in [6.07, 6.45) is 1.58. The number of aromatic nitrogens is 2. The summed E-state index contributed by atoms with van der Waals surface area (Å²) in [6, 6.07) is 6.52. The van der Waals surface area contributed by atoms with Gasteiger partial charge in [-0.15, -0.1) is 11.3 Å². The predicted octanol–water partition coefficient (Wildman–Crippen LogP) is 5.96. The second kappa shape index (κ2) is 10.2. The number of nitriles is 2. The largest absolute Gasteiger partial charge is 0.489 e. The van der Waals surface area contributed by atoms with E-state index in [-0.39, 0.29) is 84.6 Å². The smallest absolute Gasteiger partial charge is 0.319 e. The Labute approximate surface area is 264 Å². The number of nitrogen functional groups attached to an aromatic ring is 1. The van der Waals surface area contributed by atoms with Crippen molar-refractivity contribution in [1.29, 1.82) is 10.5 Å². The summed E-state index contributed by atoms with van der Waals surface area (Å²) >= 11 is 7.85. The third-order valence-corrected chi connectivity index (χ3v) is 11.0. The lowest BCUT2D eigenvalue weighted by atomic mass is 9.95. The van der Waals surface area contributed by atoms with E-state index in [4.69, 9.17) is 31.8 Å². The molecule has 9 nitrogen and oxygen atoms in total. The number of nitrogens with zero attached hydrogens (tertiary/aromatic N) is 6. The minimum absolute atomic E-state index is 0.0190. The van der Waals surface area contributed by atoms with Gasteiger partial charge in [-0.05, 0) is 37.4 Å². The van der Waals surface area contributed by atoms with Crippen molar-refractivity contribution in [1.82, 2.24) is 14.9 Å². The van der Waals surface area contributed by atoms with Gasteiger partial charge >= 0.3 is 6.01 Å². The molecular weight excluding hydrogens is 627 g/mol. The molecule has 4 aliphatic rings. The van der Waals surface area contributed by atoms with Crippen LogP contribution in [0.25, 0.3) is 32.1 Å². The molecule has 6 heterocycles. The normalized spacial score (nSPS) is 25.6.